The standard InChI is InChI=1S/C34H22BF15Si2/c1-51(2,3)33-11-9-7-8-10-12(11)34(52(4,5)6)15(13(33)14-18(36)24(42)30(48)25(43)19(14)37)35(16-20(38)26(44)31(49)27(45)21(16)39)17-22(40)28(46)32(50)29(47)23(17)41/h7-10H,1-6H3. The molecule has 0 heterocycles. The number of benzene rings is 5. The van der Waals surface area contributed by atoms with E-state index in [2.05, 4.69) is 0 Å². The van der Waals surface area contributed by atoms with E-state index < -0.39 is 138 Å². The molecule has 5 aromatic carbocycles. The van der Waals surface area contributed by atoms with Crippen LogP contribution in [-0.4, -0.2) is 22.9 Å². The number of fused-ring (bicyclic) bond motifs is 1. The first kappa shape index (κ1) is 39.0. The Morgan fingerprint density at radius 1 is 0.327 bits per heavy atom. The van der Waals surface area contributed by atoms with Crippen molar-refractivity contribution >= 4 is 60.4 Å². The fourth-order valence-corrected chi connectivity index (χ4v) is 10.7. The molecule has 0 fully saturated rings. The average Bonchev–Trinajstić information content (AvgIpc) is 3.07. The van der Waals surface area contributed by atoms with Gasteiger partial charge in [-0.1, -0.05) is 74.2 Å². The van der Waals surface area contributed by atoms with Crippen molar-refractivity contribution in [2.45, 2.75) is 39.3 Å². The minimum atomic E-state index is -3.54. The van der Waals surface area contributed by atoms with Crippen LogP contribution in [0.15, 0.2) is 24.3 Å². The van der Waals surface area contributed by atoms with E-state index in [0.29, 0.717) is 0 Å². The molecule has 0 saturated carbocycles. The molecule has 0 bridgehead atoms. The van der Waals surface area contributed by atoms with E-state index in [1.807, 2.05) is 0 Å². The third-order valence-corrected chi connectivity index (χ3v) is 12.6. The molecular weight excluding hydrogens is 760 g/mol. The van der Waals surface area contributed by atoms with Gasteiger partial charge in [0.15, 0.2) is 81.4 Å². The Balaban J connectivity index is 2.34. The molecule has 0 amide bonds. The molecule has 0 aliphatic heterocycles. The maximum absolute atomic E-state index is 16.1. The molecule has 0 N–H and O–H groups in total. The Bertz CT molecular complexity index is 2190. The molecule has 274 valence electrons. The summed E-state index contributed by atoms with van der Waals surface area (Å²) in [6.07, 6.45) is 0. The van der Waals surface area contributed by atoms with E-state index in [4.69, 9.17) is 0 Å². The highest BCUT2D eigenvalue weighted by atomic mass is 28.3. The van der Waals surface area contributed by atoms with Gasteiger partial charge in [-0.2, -0.15) is 0 Å². The summed E-state index contributed by atoms with van der Waals surface area (Å²) in [4.78, 5) is 0. The van der Waals surface area contributed by atoms with E-state index in [9.17, 15) is 13.2 Å². The van der Waals surface area contributed by atoms with Gasteiger partial charge in [0, 0.05) is 10.9 Å². The number of hydrogen-bond donors (Lipinski definition) is 0. The van der Waals surface area contributed by atoms with E-state index in [-0.39, 0.29) is 21.1 Å². The highest BCUT2D eigenvalue weighted by Crippen LogP contribution is 2.35. The summed E-state index contributed by atoms with van der Waals surface area (Å²) in [6.45, 7) is 5.24. The van der Waals surface area contributed by atoms with E-state index in [1.54, 1.807) is 0 Å². The number of halogens is 15. The van der Waals surface area contributed by atoms with Crippen molar-refractivity contribution in [2.75, 3.05) is 0 Å². The van der Waals surface area contributed by atoms with Crippen molar-refractivity contribution in [3.63, 3.8) is 0 Å². The normalized spacial score (nSPS) is 12.3. The molecule has 5 aromatic rings. The molecule has 0 saturated heterocycles. The van der Waals surface area contributed by atoms with Crippen LogP contribution in [0.5, 0.6) is 0 Å². The van der Waals surface area contributed by atoms with E-state index >= 15 is 52.7 Å². The summed E-state index contributed by atoms with van der Waals surface area (Å²) in [5, 5.41) is -0.696. The summed E-state index contributed by atoms with van der Waals surface area (Å²) < 4.78 is 229. The highest BCUT2D eigenvalue weighted by Gasteiger charge is 2.47. The first-order valence-corrected chi connectivity index (χ1v) is 22.0. The van der Waals surface area contributed by atoms with Gasteiger partial charge >= 0.3 is 0 Å². The van der Waals surface area contributed by atoms with Crippen molar-refractivity contribution < 1.29 is 65.9 Å². The van der Waals surface area contributed by atoms with Gasteiger partial charge in [-0.05, 0) is 21.5 Å². The maximum Gasteiger partial charge on any atom is 0.257 e. The Morgan fingerprint density at radius 3 is 0.904 bits per heavy atom. The van der Waals surface area contributed by atoms with Crippen molar-refractivity contribution in [1.29, 1.82) is 0 Å². The zero-order chi connectivity index (χ0) is 39.3. The molecule has 0 nitrogen and oxygen atoms in total. The van der Waals surface area contributed by atoms with Gasteiger partial charge in [-0.15, -0.1) is 0 Å². The molecule has 0 aliphatic rings. The van der Waals surface area contributed by atoms with Gasteiger partial charge in [-0.3, -0.25) is 0 Å². The molecule has 0 aliphatic carbocycles. The van der Waals surface area contributed by atoms with Gasteiger partial charge in [-0.25, -0.2) is 65.9 Å². The Labute approximate surface area is 288 Å². The lowest BCUT2D eigenvalue weighted by atomic mass is 9.35. The molecule has 5 rings (SSSR count). The van der Waals surface area contributed by atoms with Crippen LogP contribution in [0.2, 0.25) is 39.3 Å². The van der Waals surface area contributed by atoms with Crippen LogP contribution in [0.25, 0.3) is 21.9 Å². The van der Waals surface area contributed by atoms with Gasteiger partial charge < -0.3 is 0 Å². The Kier molecular flexibility index (Phi) is 9.78. The lowest BCUT2D eigenvalue weighted by molar-refractivity contribution is 0.381. The van der Waals surface area contributed by atoms with Crippen LogP contribution in [0, 0.1) is 87.3 Å². The molecule has 0 spiro atoms. The lowest BCUT2D eigenvalue weighted by Crippen LogP contribution is -2.67. The van der Waals surface area contributed by atoms with Crippen LogP contribution in [0.1, 0.15) is 0 Å². The third kappa shape index (κ3) is 5.72. The van der Waals surface area contributed by atoms with Gasteiger partial charge in [0.25, 0.3) is 6.71 Å². The van der Waals surface area contributed by atoms with Gasteiger partial charge in [0.05, 0.1) is 21.7 Å². The summed E-state index contributed by atoms with van der Waals surface area (Å²) in [7, 11) is -6.98. The lowest BCUT2D eigenvalue weighted by Gasteiger charge is -2.35. The van der Waals surface area contributed by atoms with Crippen LogP contribution < -0.4 is 26.8 Å². The second kappa shape index (κ2) is 13.0. The number of rotatable bonds is 6. The second-order valence-corrected chi connectivity index (χ2v) is 23.9. The smallest absolute Gasteiger partial charge is 0.204 e. The SMILES string of the molecule is C[Si](C)(C)c1c(B(c2c(F)c(F)c(F)c(F)c2F)c2c(F)c(F)c(F)c(F)c2F)c(-c2c(F)c(F)c(F)c(F)c2F)c([Si](C)(C)C)c2ccccc12. The number of hydrogen-bond acceptors (Lipinski definition) is 0. The van der Waals surface area contributed by atoms with Gasteiger partial charge in [0.2, 0.25) is 5.82 Å². The van der Waals surface area contributed by atoms with Crippen molar-refractivity contribution in [2.24, 2.45) is 0 Å². The predicted octanol–water partition coefficient (Wildman–Crippen LogP) is 8.20. The van der Waals surface area contributed by atoms with Gasteiger partial charge in [0.1, 0.15) is 0 Å². The largest absolute Gasteiger partial charge is 0.257 e. The highest BCUT2D eigenvalue weighted by molar-refractivity contribution is 7.05. The molecule has 0 atom stereocenters. The molecule has 0 aromatic heterocycles. The van der Waals surface area contributed by atoms with Crippen LogP contribution in [0.4, 0.5) is 65.9 Å². The summed E-state index contributed by atoms with van der Waals surface area (Å²) in [6, 6.07) is 5.37. The van der Waals surface area contributed by atoms with E-state index in [0.717, 1.165) is 0 Å². The second-order valence-electron chi connectivity index (χ2n) is 13.9. The Morgan fingerprint density at radius 2 is 0.596 bits per heavy atom. The zero-order valence-electron chi connectivity index (χ0n) is 27.6. The first-order valence-electron chi connectivity index (χ1n) is 15.0. The zero-order valence-corrected chi connectivity index (χ0v) is 29.6. The summed E-state index contributed by atoms with van der Waals surface area (Å²) >= 11 is 0. The summed E-state index contributed by atoms with van der Waals surface area (Å²) in [5.41, 5.74) is -8.69. The average molecular weight is 783 g/mol. The van der Waals surface area contributed by atoms with E-state index in [1.165, 1.54) is 63.5 Å². The first-order chi connectivity index (χ1) is 23.9. The monoisotopic (exact) mass is 782 g/mol. The molecule has 52 heavy (non-hydrogen) atoms. The fourth-order valence-electron chi connectivity index (χ4n) is 6.60. The molecule has 18 heteroatoms. The minimum Gasteiger partial charge on any atom is -0.204 e. The maximum atomic E-state index is 16.1. The van der Waals surface area contributed by atoms with Crippen molar-refractivity contribution in [3.05, 3.63) is 112 Å². The minimum absolute atomic E-state index is 0.0235. The molecular formula is C34H22BF15Si2. The van der Waals surface area contributed by atoms with Crippen molar-refractivity contribution in [1.82, 2.24) is 0 Å². The predicted molar refractivity (Wildman–Crippen MR) is 172 cm³/mol. The molecule has 0 unspecified atom stereocenters. The fraction of sp³-hybridized carbons (Fsp3) is 0.176. The molecule has 0 radical (unpaired) electrons. The third-order valence-electron chi connectivity index (χ3n) is 8.57. The topological polar surface area (TPSA) is 0 Å². The van der Waals surface area contributed by atoms with Crippen LogP contribution in [0.3, 0.4) is 0 Å². The quantitative estimate of drug-likeness (QED) is 0.0706. The van der Waals surface area contributed by atoms with Crippen molar-refractivity contribution in [3.8, 4) is 11.1 Å². The van der Waals surface area contributed by atoms with Crippen LogP contribution in [-0.2, 0) is 0 Å². The Hall–Kier alpha value is -4.19. The van der Waals surface area contributed by atoms with Crippen LogP contribution >= 0.6 is 0 Å². The summed E-state index contributed by atoms with van der Waals surface area (Å²) in [5.74, 6) is -41.0.